The Labute approximate surface area is 160 Å². The lowest BCUT2D eigenvalue weighted by Gasteiger charge is -2.10. The summed E-state index contributed by atoms with van der Waals surface area (Å²) in [7, 11) is 0. The monoisotopic (exact) mass is 394 g/mol. The van der Waals surface area contributed by atoms with Gasteiger partial charge in [-0.2, -0.15) is 0 Å². The number of halogens is 2. The van der Waals surface area contributed by atoms with Crippen molar-refractivity contribution >= 4 is 41.0 Å². The lowest BCUT2D eigenvalue weighted by atomic mass is 10.2. The van der Waals surface area contributed by atoms with Crippen LogP contribution in [-0.2, 0) is 11.3 Å². The number of rotatable bonds is 5. The fraction of sp³-hybridized carbons (Fsp3) is 0.118. The zero-order valence-corrected chi connectivity index (χ0v) is 15.0. The maximum absolute atomic E-state index is 12.0. The molecule has 9 heteroatoms. The lowest BCUT2D eigenvalue weighted by molar-refractivity contribution is -0.120. The van der Waals surface area contributed by atoms with Gasteiger partial charge in [0.25, 0.3) is 11.8 Å². The zero-order chi connectivity index (χ0) is 18.9. The van der Waals surface area contributed by atoms with Gasteiger partial charge in [0.2, 0.25) is 0 Å². The summed E-state index contributed by atoms with van der Waals surface area (Å²) in [6.07, 6.45) is 0. The summed E-state index contributed by atoms with van der Waals surface area (Å²) >= 11 is 11.7. The minimum Gasteiger partial charge on any atom is -0.334 e. The molecule has 0 fully saturated rings. The molecule has 0 saturated carbocycles. The summed E-state index contributed by atoms with van der Waals surface area (Å²) in [5.41, 5.74) is 5.42. The molecule has 0 heterocycles. The highest BCUT2D eigenvalue weighted by Gasteiger charge is 2.12. The molecule has 4 N–H and O–H groups in total. The number of amides is 4. The van der Waals surface area contributed by atoms with Gasteiger partial charge in [-0.15, -0.1) is 0 Å². The van der Waals surface area contributed by atoms with Crippen LogP contribution < -0.4 is 21.5 Å². The van der Waals surface area contributed by atoms with Crippen LogP contribution in [0, 0.1) is 0 Å². The second-order valence-corrected chi connectivity index (χ2v) is 5.99. The molecule has 2 aromatic rings. The van der Waals surface area contributed by atoms with Crippen LogP contribution >= 0.6 is 23.2 Å². The second-order valence-electron chi connectivity index (χ2n) is 5.15. The summed E-state index contributed by atoms with van der Waals surface area (Å²) in [5.74, 6) is -1.23. The third-order valence-corrected chi connectivity index (χ3v) is 3.76. The lowest BCUT2D eigenvalue weighted by Crippen LogP contribution is -2.47. The molecule has 0 aliphatic heterocycles. The van der Waals surface area contributed by atoms with Gasteiger partial charge >= 0.3 is 6.03 Å². The van der Waals surface area contributed by atoms with E-state index in [1.165, 1.54) is 18.2 Å². The number of urea groups is 1. The van der Waals surface area contributed by atoms with Gasteiger partial charge in [-0.1, -0.05) is 53.5 Å². The van der Waals surface area contributed by atoms with Crippen LogP contribution in [-0.4, -0.2) is 24.4 Å². The van der Waals surface area contributed by atoms with Crippen LogP contribution in [0.2, 0.25) is 10.0 Å². The summed E-state index contributed by atoms with van der Waals surface area (Å²) in [4.78, 5) is 35.3. The number of benzene rings is 2. The third kappa shape index (κ3) is 6.27. The predicted octanol–water partition coefficient (Wildman–Crippen LogP) is 2.25. The second kappa shape index (κ2) is 9.65. The summed E-state index contributed by atoms with van der Waals surface area (Å²) < 4.78 is 0. The predicted molar refractivity (Wildman–Crippen MR) is 98.8 cm³/mol. The Morgan fingerprint density at radius 2 is 1.62 bits per heavy atom. The number of hydrogen-bond acceptors (Lipinski definition) is 3. The maximum Gasteiger partial charge on any atom is 0.315 e. The van der Waals surface area contributed by atoms with Gasteiger partial charge in [-0.3, -0.25) is 20.4 Å². The van der Waals surface area contributed by atoms with E-state index in [-0.39, 0.29) is 17.1 Å². The van der Waals surface area contributed by atoms with Crippen molar-refractivity contribution in [2.24, 2.45) is 0 Å². The quantitative estimate of drug-likeness (QED) is 0.585. The van der Waals surface area contributed by atoms with Crippen molar-refractivity contribution in [3.63, 3.8) is 0 Å². The minimum absolute atomic E-state index is 0.119. The van der Waals surface area contributed by atoms with Crippen molar-refractivity contribution in [2.45, 2.75) is 6.54 Å². The van der Waals surface area contributed by atoms with Crippen molar-refractivity contribution in [3.8, 4) is 0 Å². The van der Waals surface area contributed by atoms with E-state index < -0.39 is 17.8 Å². The van der Waals surface area contributed by atoms with Crippen LogP contribution in [0.25, 0.3) is 0 Å². The fourth-order valence-corrected chi connectivity index (χ4v) is 2.29. The maximum atomic E-state index is 12.0. The minimum atomic E-state index is -0.626. The summed E-state index contributed by atoms with van der Waals surface area (Å²) in [6.45, 7) is 0.0163. The highest BCUT2D eigenvalue weighted by Crippen LogP contribution is 2.20. The molecule has 0 saturated heterocycles. The Balaban J connectivity index is 1.70. The van der Waals surface area contributed by atoms with Gasteiger partial charge in [0.05, 0.1) is 10.6 Å². The molecule has 2 rings (SSSR count). The zero-order valence-electron chi connectivity index (χ0n) is 13.5. The first kappa shape index (κ1) is 19.6. The van der Waals surface area contributed by atoms with Crippen molar-refractivity contribution in [2.75, 3.05) is 6.54 Å². The number of hydrogen-bond donors (Lipinski definition) is 4. The van der Waals surface area contributed by atoms with Crippen LogP contribution in [0.1, 0.15) is 15.9 Å². The van der Waals surface area contributed by atoms with Gasteiger partial charge in [0, 0.05) is 11.6 Å². The van der Waals surface area contributed by atoms with Crippen LogP contribution in [0.3, 0.4) is 0 Å². The van der Waals surface area contributed by atoms with E-state index in [0.29, 0.717) is 11.6 Å². The Morgan fingerprint density at radius 3 is 2.35 bits per heavy atom. The van der Waals surface area contributed by atoms with E-state index in [1.807, 2.05) is 30.3 Å². The molecule has 0 aromatic heterocycles. The van der Waals surface area contributed by atoms with E-state index in [4.69, 9.17) is 23.2 Å². The molecule has 26 heavy (non-hydrogen) atoms. The Kier molecular flexibility index (Phi) is 7.25. The average Bonchev–Trinajstić information content (AvgIpc) is 2.65. The third-order valence-electron chi connectivity index (χ3n) is 3.19. The molecule has 2 aromatic carbocycles. The normalized spacial score (nSPS) is 9.92. The van der Waals surface area contributed by atoms with Crippen molar-refractivity contribution in [1.82, 2.24) is 21.5 Å². The van der Waals surface area contributed by atoms with Gasteiger partial charge in [0.15, 0.2) is 0 Å². The number of carbonyl (C=O) groups is 3. The Hall–Kier alpha value is -2.77. The molecule has 0 spiro atoms. The van der Waals surface area contributed by atoms with Crippen molar-refractivity contribution < 1.29 is 14.4 Å². The standard InChI is InChI=1S/C17H16Cl2N4O3/c18-12-6-7-14(19)13(8-12)16(25)23-22-15(24)10-21-17(26)20-9-11-4-2-1-3-5-11/h1-8H,9-10H2,(H,22,24)(H,23,25)(H2,20,21,26). The van der Waals surface area contributed by atoms with Crippen molar-refractivity contribution in [3.05, 3.63) is 69.7 Å². The summed E-state index contributed by atoms with van der Waals surface area (Å²) in [6, 6.07) is 13.2. The molecule has 7 nitrogen and oxygen atoms in total. The average molecular weight is 395 g/mol. The van der Waals surface area contributed by atoms with E-state index >= 15 is 0 Å². The van der Waals surface area contributed by atoms with Gasteiger partial charge in [0.1, 0.15) is 6.54 Å². The highest BCUT2D eigenvalue weighted by molar-refractivity contribution is 6.35. The molecular formula is C17H16Cl2N4O3. The number of nitrogens with one attached hydrogen (secondary N) is 4. The molecular weight excluding hydrogens is 379 g/mol. The van der Waals surface area contributed by atoms with Gasteiger partial charge in [-0.25, -0.2) is 4.79 Å². The Bertz CT molecular complexity index is 800. The first-order valence-electron chi connectivity index (χ1n) is 7.55. The van der Waals surface area contributed by atoms with E-state index in [9.17, 15) is 14.4 Å². The largest absolute Gasteiger partial charge is 0.334 e. The Morgan fingerprint density at radius 1 is 0.885 bits per heavy atom. The molecule has 0 bridgehead atoms. The fourth-order valence-electron chi connectivity index (χ4n) is 1.91. The van der Waals surface area contributed by atoms with Crippen LogP contribution in [0.4, 0.5) is 4.79 Å². The first-order valence-corrected chi connectivity index (χ1v) is 8.31. The molecule has 4 amide bonds. The first-order chi connectivity index (χ1) is 12.5. The summed E-state index contributed by atoms with van der Waals surface area (Å²) in [5, 5.41) is 5.52. The van der Waals surface area contributed by atoms with E-state index in [2.05, 4.69) is 21.5 Å². The molecule has 0 radical (unpaired) electrons. The number of carbonyl (C=O) groups excluding carboxylic acids is 3. The van der Waals surface area contributed by atoms with E-state index in [1.54, 1.807) is 0 Å². The molecule has 0 aliphatic carbocycles. The van der Waals surface area contributed by atoms with Gasteiger partial charge in [-0.05, 0) is 23.8 Å². The van der Waals surface area contributed by atoms with Gasteiger partial charge < -0.3 is 10.6 Å². The molecule has 0 aliphatic rings. The molecule has 0 atom stereocenters. The molecule has 0 unspecified atom stereocenters. The molecule has 136 valence electrons. The van der Waals surface area contributed by atoms with Crippen LogP contribution in [0.5, 0.6) is 0 Å². The van der Waals surface area contributed by atoms with Crippen molar-refractivity contribution in [1.29, 1.82) is 0 Å². The smallest absolute Gasteiger partial charge is 0.315 e. The SMILES string of the molecule is O=C(CNC(=O)NCc1ccccc1)NNC(=O)c1cc(Cl)ccc1Cl. The topological polar surface area (TPSA) is 99.3 Å². The van der Waals surface area contributed by atoms with E-state index in [0.717, 1.165) is 5.56 Å². The number of hydrazine groups is 1. The highest BCUT2D eigenvalue weighted by atomic mass is 35.5. The van der Waals surface area contributed by atoms with Crippen LogP contribution in [0.15, 0.2) is 48.5 Å².